The first kappa shape index (κ1) is 14.0. The molecule has 1 saturated heterocycles. The highest BCUT2D eigenvalue weighted by Gasteiger charge is 2.70. The average Bonchev–Trinajstić information content (AvgIpc) is 2.89. The first-order valence-electron chi connectivity index (χ1n) is 6.32. The van der Waals surface area contributed by atoms with E-state index in [0.29, 0.717) is 0 Å². The van der Waals surface area contributed by atoms with Gasteiger partial charge in [-0.05, 0) is 0 Å². The maximum atomic E-state index is 12.6. The summed E-state index contributed by atoms with van der Waals surface area (Å²) in [6.45, 7) is 0. The number of carbonyl (C=O) groups is 3. The lowest BCUT2D eigenvalue weighted by Gasteiger charge is -2.49. The summed E-state index contributed by atoms with van der Waals surface area (Å²) in [5, 5.41) is 0. The molecule has 0 aromatic heterocycles. The van der Waals surface area contributed by atoms with Crippen molar-refractivity contribution in [2.24, 2.45) is 11.8 Å². The minimum Gasteiger partial charge on any atom is -0.466 e. The molecule has 1 saturated carbocycles. The average molecular weight is 298 g/mol. The van der Waals surface area contributed by atoms with Crippen LogP contribution in [0.15, 0.2) is 11.6 Å². The summed E-state index contributed by atoms with van der Waals surface area (Å²) in [6.07, 6.45) is -1.05. The number of ether oxygens (including phenoxy) is 5. The minimum atomic E-state index is -1.70. The molecule has 4 atom stereocenters. The lowest BCUT2D eigenvalue weighted by molar-refractivity contribution is -0.255. The molecule has 1 aliphatic heterocycles. The molecule has 2 fully saturated rings. The summed E-state index contributed by atoms with van der Waals surface area (Å²) in [5.74, 6) is -4.55. The van der Waals surface area contributed by atoms with Crippen LogP contribution in [0.4, 0.5) is 4.79 Å². The molecule has 3 aliphatic carbocycles. The van der Waals surface area contributed by atoms with Crippen molar-refractivity contribution < 1.29 is 38.1 Å². The Balaban J connectivity index is 2.15. The number of methoxy groups -OCH3 is 3. The van der Waals surface area contributed by atoms with Crippen LogP contribution in [0.1, 0.15) is 0 Å². The molecule has 0 amide bonds. The molecule has 21 heavy (non-hydrogen) atoms. The maximum Gasteiger partial charge on any atom is 0.509 e. The molecule has 8 nitrogen and oxygen atoms in total. The molecule has 8 heteroatoms. The first-order valence-corrected chi connectivity index (χ1v) is 6.32. The van der Waals surface area contributed by atoms with Gasteiger partial charge < -0.3 is 23.7 Å². The molecule has 0 aromatic carbocycles. The standard InChI is InChI=1S/C13H14O8/c1-17-11(15)5-4-6-8-9(21-12(16)20-8)7(5)13(18-2,19-3)10(6)14/h4,6-9H,1-3H3/t6-,7+,8+,9-/m1/s1. The quantitative estimate of drug-likeness (QED) is 0.522. The van der Waals surface area contributed by atoms with Crippen molar-refractivity contribution in [3.05, 3.63) is 11.6 Å². The number of fused-ring (bicyclic) bond motifs is 1. The van der Waals surface area contributed by atoms with E-state index < -0.39 is 47.7 Å². The Kier molecular flexibility index (Phi) is 3.03. The maximum absolute atomic E-state index is 12.6. The number of ketones is 1. The van der Waals surface area contributed by atoms with Crippen molar-refractivity contribution in [1.82, 2.24) is 0 Å². The molecule has 114 valence electrons. The Hall–Kier alpha value is -1.93. The summed E-state index contributed by atoms with van der Waals surface area (Å²) in [5.41, 5.74) is 0.186. The zero-order valence-corrected chi connectivity index (χ0v) is 11.7. The molecule has 4 aliphatic rings. The van der Waals surface area contributed by atoms with Crippen LogP contribution in [0.2, 0.25) is 0 Å². The summed E-state index contributed by atoms with van der Waals surface area (Å²) in [7, 11) is 3.82. The predicted octanol–water partition coefficient (Wildman–Crippen LogP) is -0.192. The van der Waals surface area contributed by atoms with Gasteiger partial charge in [-0.1, -0.05) is 6.08 Å². The fourth-order valence-corrected chi connectivity index (χ4v) is 3.37. The zero-order chi connectivity index (χ0) is 15.4. The van der Waals surface area contributed by atoms with Crippen LogP contribution in [-0.2, 0) is 33.3 Å². The Bertz CT molecular complexity index is 546. The van der Waals surface area contributed by atoms with Crippen molar-refractivity contribution in [2.75, 3.05) is 21.3 Å². The summed E-state index contributed by atoms with van der Waals surface area (Å²) in [6, 6.07) is 0. The largest absolute Gasteiger partial charge is 0.509 e. The Morgan fingerprint density at radius 2 is 1.76 bits per heavy atom. The second-order valence-electron chi connectivity index (χ2n) is 4.97. The predicted molar refractivity (Wildman–Crippen MR) is 64.0 cm³/mol. The van der Waals surface area contributed by atoms with Gasteiger partial charge in [-0.3, -0.25) is 4.79 Å². The molecule has 0 aromatic rings. The molecule has 0 radical (unpaired) electrons. The molecule has 0 unspecified atom stereocenters. The third-order valence-electron chi connectivity index (χ3n) is 4.25. The summed E-state index contributed by atoms with van der Waals surface area (Å²) in [4.78, 5) is 35.9. The van der Waals surface area contributed by atoms with Gasteiger partial charge in [0.1, 0.15) is 0 Å². The smallest absolute Gasteiger partial charge is 0.466 e. The highest BCUT2D eigenvalue weighted by atomic mass is 16.8. The van der Waals surface area contributed by atoms with Crippen LogP contribution < -0.4 is 0 Å². The van der Waals surface area contributed by atoms with Crippen LogP contribution in [0.25, 0.3) is 0 Å². The van der Waals surface area contributed by atoms with Crippen LogP contribution in [0.5, 0.6) is 0 Å². The van der Waals surface area contributed by atoms with Crippen molar-refractivity contribution in [2.45, 2.75) is 18.0 Å². The second-order valence-corrected chi connectivity index (χ2v) is 4.97. The molecular formula is C13H14O8. The summed E-state index contributed by atoms with van der Waals surface area (Å²) < 4.78 is 25.4. The third-order valence-corrected chi connectivity index (χ3v) is 4.25. The van der Waals surface area contributed by atoms with Gasteiger partial charge in [-0.25, -0.2) is 9.59 Å². The van der Waals surface area contributed by atoms with Crippen molar-refractivity contribution in [1.29, 1.82) is 0 Å². The van der Waals surface area contributed by atoms with Crippen LogP contribution >= 0.6 is 0 Å². The van der Waals surface area contributed by atoms with E-state index in [9.17, 15) is 14.4 Å². The van der Waals surface area contributed by atoms with E-state index in [1.807, 2.05) is 0 Å². The Morgan fingerprint density at radius 3 is 2.33 bits per heavy atom. The minimum absolute atomic E-state index is 0.186. The van der Waals surface area contributed by atoms with Crippen molar-refractivity contribution >= 4 is 17.9 Å². The molecular weight excluding hydrogens is 284 g/mol. The van der Waals surface area contributed by atoms with E-state index in [1.54, 1.807) is 0 Å². The van der Waals surface area contributed by atoms with E-state index in [1.165, 1.54) is 27.4 Å². The number of Topliss-reactive ketones (excluding diaryl/α,β-unsaturated/α-hetero) is 1. The van der Waals surface area contributed by atoms with E-state index in [-0.39, 0.29) is 5.57 Å². The normalized spacial score (nSPS) is 35.7. The Morgan fingerprint density at radius 1 is 1.14 bits per heavy atom. The third kappa shape index (κ3) is 1.60. The number of esters is 1. The van der Waals surface area contributed by atoms with Gasteiger partial charge in [0.2, 0.25) is 11.6 Å². The topological polar surface area (TPSA) is 97.4 Å². The van der Waals surface area contributed by atoms with E-state index >= 15 is 0 Å². The van der Waals surface area contributed by atoms with Gasteiger partial charge in [-0.2, -0.15) is 0 Å². The van der Waals surface area contributed by atoms with Gasteiger partial charge >= 0.3 is 12.1 Å². The number of carbonyl (C=O) groups excluding carboxylic acids is 3. The van der Waals surface area contributed by atoms with E-state index in [0.717, 1.165) is 0 Å². The fraction of sp³-hybridized carbons (Fsp3) is 0.615. The van der Waals surface area contributed by atoms with Gasteiger partial charge in [0.15, 0.2) is 12.2 Å². The van der Waals surface area contributed by atoms with Crippen LogP contribution in [0.3, 0.4) is 0 Å². The van der Waals surface area contributed by atoms with Crippen molar-refractivity contribution in [3.8, 4) is 0 Å². The van der Waals surface area contributed by atoms with E-state index in [4.69, 9.17) is 23.7 Å². The number of hydrogen-bond donors (Lipinski definition) is 0. The van der Waals surface area contributed by atoms with Crippen molar-refractivity contribution in [3.63, 3.8) is 0 Å². The van der Waals surface area contributed by atoms with Gasteiger partial charge in [0.25, 0.3) is 0 Å². The molecule has 1 heterocycles. The first-order chi connectivity index (χ1) is 10.00. The SMILES string of the molecule is COC(=O)C1=C[C@H]2C(=O)C(OC)(OC)[C@@H]1[C@H]1OC(=O)O[C@H]12. The zero-order valence-electron chi connectivity index (χ0n) is 11.7. The van der Waals surface area contributed by atoms with Crippen LogP contribution in [0, 0.1) is 11.8 Å². The lowest BCUT2D eigenvalue weighted by atomic mass is 9.63. The number of hydrogen-bond acceptors (Lipinski definition) is 8. The van der Waals surface area contributed by atoms with Gasteiger partial charge in [0, 0.05) is 19.8 Å². The van der Waals surface area contributed by atoms with E-state index in [2.05, 4.69) is 0 Å². The summed E-state index contributed by atoms with van der Waals surface area (Å²) >= 11 is 0. The fourth-order valence-electron chi connectivity index (χ4n) is 3.37. The van der Waals surface area contributed by atoms with Gasteiger partial charge in [-0.15, -0.1) is 0 Å². The second kappa shape index (κ2) is 4.54. The van der Waals surface area contributed by atoms with Crippen LogP contribution in [-0.4, -0.2) is 57.2 Å². The highest BCUT2D eigenvalue weighted by molar-refractivity contribution is 6.01. The number of rotatable bonds is 3. The molecule has 2 bridgehead atoms. The lowest BCUT2D eigenvalue weighted by Crippen LogP contribution is -2.67. The molecule has 0 N–H and O–H groups in total. The highest BCUT2D eigenvalue weighted by Crippen LogP contribution is 2.51. The monoisotopic (exact) mass is 298 g/mol. The Labute approximate surface area is 119 Å². The molecule has 4 rings (SSSR count). The molecule has 0 spiro atoms. The van der Waals surface area contributed by atoms with Gasteiger partial charge in [0.05, 0.1) is 18.9 Å².